The summed E-state index contributed by atoms with van der Waals surface area (Å²) in [5.74, 6) is 0.486. The Labute approximate surface area is 200 Å². The first-order chi connectivity index (χ1) is 15.1. The molecule has 2 aromatic carbocycles. The monoisotopic (exact) mass is 473 g/mol. The van der Waals surface area contributed by atoms with Crippen molar-refractivity contribution in [3.63, 3.8) is 0 Å². The van der Waals surface area contributed by atoms with Crippen LogP contribution >= 0.6 is 22.9 Å². The maximum atomic E-state index is 13.8. The van der Waals surface area contributed by atoms with Gasteiger partial charge in [0.15, 0.2) is 10.7 Å². The summed E-state index contributed by atoms with van der Waals surface area (Å²) < 4.78 is 7.22. The average Bonchev–Trinajstić information content (AvgIpc) is 3.16. The Kier molecular flexibility index (Phi) is 7.80. The molecule has 0 spiro atoms. The number of hydrogen-bond donors (Lipinski definition) is 0. The summed E-state index contributed by atoms with van der Waals surface area (Å²) >= 11 is 7.56. The molecule has 172 valence electrons. The molecule has 7 heteroatoms. The summed E-state index contributed by atoms with van der Waals surface area (Å²) in [6, 6.07) is 11.3. The van der Waals surface area contributed by atoms with Gasteiger partial charge < -0.3 is 9.64 Å². The Morgan fingerprint density at radius 1 is 1.09 bits per heavy atom. The van der Waals surface area contributed by atoms with Crippen LogP contribution in [0.15, 0.2) is 36.4 Å². The fourth-order valence-electron chi connectivity index (χ4n) is 3.71. The molecular formula is C25H32ClN3O2S. The van der Waals surface area contributed by atoms with Gasteiger partial charge in [-0.2, -0.15) is 0 Å². The van der Waals surface area contributed by atoms with E-state index in [-0.39, 0.29) is 5.91 Å². The number of halogens is 1. The highest BCUT2D eigenvalue weighted by Gasteiger charge is 2.36. The lowest BCUT2D eigenvalue weighted by atomic mass is 10.1. The van der Waals surface area contributed by atoms with Crippen molar-refractivity contribution in [2.24, 2.45) is 0 Å². The van der Waals surface area contributed by atoms with Gasteiger partial charge >= 0.3 is 0 Å². The number of aryl methyl sites for hydroxylation is 2. The van der Waals surface area contributed by atoms with Crippen molar-refractivity contribution in [2.75, 3.05) is 31.1 Å². The number of thiazole rings is 1. The smallest absolute Gasteiger partial charge is 0.272 e. The number of carbonyl (C=O) groups excluding carboxylic acids is 1. The second kappa shape index (κ2) is 10.2. The van der Waals surface area contributed by atoms with Crippen LogP contribution in [0.4, 0.5) is 5.13 Å². The van der Waals surface area contributed by atoms with Crippen LogP contribution < -0.4 is 9.64 Å². The molecule has 0 saturated heterocycles. The topological polar surface area (TPSA) is 45.7 Å². The summed E-state index contributed by atoms with van der Waals surface area (Å²) in [5, 5.41) is 1.33. The molecule has 1 amide bonds. The molecule has 32 heavy (non-hydrogen) atoms. The predicted octanol–water partition coefficient (Wildman–Crippen LogP) is 6.10. The van der Waals surface area contributed by atoms with Crippen molar-refractivity contribution in [1.29, 1.82) is 0 Å². The van der Waals surface area contributed by atoms with Gasteiger partial charge in [0.1, 0.15) is 5.75 Å². The minimum Gasteiger partial charge on any atom is -0.478 e. The van der Waals surface area contributed by atoms with Crippen molar-refractivity contribution in [3.05, 3.63) is 52.5 Å². The van der Waals surface area contributed by atoms with Crippen LogP contribution in [0.1, 0.15) is 38.8 Å². The van der Waals surface area contributed by atoms with E-state index in [9.17, 15) is 4.79 Å². The van der Waals surface area contributed by atoms with Gasteiger partial charge in [0.25, 0.3) is 5.91 Å². The lowest BCUT2D eigenvalue weighted by molar-refractivity contribution is -0.131. The van der Waals surface area contributed by atoms with Crippen molar-refractivity contribution in [3.8, 4) is 5.75 Å². The summed E-state index contributed by atoms with van der Waals surface area (Å²) in [7, 11) is 0. The molecule has 0 radical (unpaired) electrons. The number of hydrogen-bond acceptors (Lipinski definition) is 5. The molecule has 0 bridgehead atoms. The second-order valence-corrected chi connectivity index (χ2v) is 9.89. The summed E-state index contributed by atoms with van der Waals surface area (Å²) in [6.07, 6.45) is 0. The van der Waals surface area contributed by atoms with Gasteiger partial charge in [0, 0.05) is 18.1 Å². The lowest BCUT2D eigenvalue weighted by Crippen LogP contribution is -2.51. The first-order valence-electron chi connectivity index (χ1n) is 11.0. The normalized spacial score (nSPS) is 11.9. The van der Waals surface area contributed by atoms with E-state index in [1.807, 2.05) is 0 Å². The van der Waals surface area contributed by atoms with E-state index in [0.717, 1.165) is 29.9 Å². The average molecular weight is 474 g/mol. The summed E-state index contributed by atoms with van der Waals surface area (Å²) in [6.45, 7) is 15.2. The fraction of sp³-hybridized carbons (Fsp3) is 0.440. The minimum absolute atomic E-state index is 0.118. The molecule has 0 N–H and O–H groups in total. The lowest BCUT2D eigenvalue weighted by Gasteiger charge is -2.32. The van der Waals surface area contributed by atoms with Crippen LogP contribution in [-0.4, -0.2) is 47.6 Å². The number of anilines is 1. The predicted molar refractivity (Wildman–Crippen MR) is 135 cm³/mol. The van der Waals surface area contributed by atoms with Crippen molar-refractivity contribution in [2.45, 2.75) is 47.1 Å². The van der Waals surface area contributed by atoms with Gasteiger partial charge in [-0.1, -0.05) is 42.9 Å². The molecular weight excluding hydrogens is 442 g/mol. The molecule has 0 aliphatic rings. The first kappa shape index (κ1) is 24.5. The summed E-state index contributed by atoms with van der Waals surface area (Å²) in [5.41, 5.74) is 2.20. The molecule has 0 saturated carbocycles. The molecule has 5 nitrogen and oxygen atoms in total. The number of rotatable bonds is 9. The highest BCUT2D eigenvalue weighted by atomic mass is 35.5. The highest BCUT2D eigenvalue weighted by Crippen LogP contribution is 2.34. The molecule has 3 rings (SSSR count). The third-order valence-electron chi connectivity index (χ3n) is 5.52. The van der Waals surface area contributed by atoms with E-state index in [4.69, 9.17) is 21.3 Å². The molecule has 0 aliphatic carbocycles. The van der Waals surface area contributed by atoms with Gasteiger partial charge in [0.05, 0.1) is 10.2 Å². The largest absolute Gasteiger partial charge is 0.478 e. The SMILES string of the molecule is CCN(CC)CCN(C(=O)C(C)(C)Oc1ccc(Cl)cc1)c1nc2cc(C)cc(C)c2s1. The van der Waals surface area contributed by atoms with E-state index in [0.29, 0.717) is 22.4 Å². The van der Waals surface area contributed by atoms with Crippen LogP contribution in [0.2, 0.25) is 5.02 Å². The number of nitrogens with zero attached hydrogens (tertiary/aromatic N) is 3. The van der Waals surface area contributed by atoms with Gasteiger partial charge in [0.2, 0.25) is 0 Å². The molecule has 3 aromatic rings. The number of benzene rings is 2. The number of fused-ring (bicyclic) bond motifs is 1. The van der Waals surface area contributed by atoms with E-state index in [1.165, 1.54) is 11.1 Å². The van der Waals surface area contributed by atoms with Crippen LogP contribution in [0.25, 0.3) is 10.2 Å². The van der Waals surface area contributed by atoms with Crippen LogP contribution in [0, 0.1) is 13.8 Å². The van der Waals surface area contributed by atoms with E-state index >= 15 is 0 Å². The molecule has 0 fully saturated rings. The third-order valence-corrected chi connectivity index (χ3v) is 7.00. The van der Waals surface area contributed by atoms with Gasteiger partial charge in [-0.25, -0.2) is 4.98 Å². The molecule has 1 aromatic heterocycles. The molecule has 1 heterocycles. The number of carbonyl (C=O) groups is 1. The zero-order valence-electron chi connectivity index (χ0n) is 19.7. The van der Waals surface area contributed by atoms with Crippen LogP contribution in [0.3, 0.4) is 0 Å². The van der Waals surface area contributed by atoms with Crippen molar-refractivity contribution in [1.82, 2.24) is 9.88 Å². The second-order valence-electron chi connectivity index (χ2n) is 8.48. The Balaban J connectivity index is 1.95. The Bertz CT molecular complexity index is 1070. The highest BCUT2D eigenvalue weighted by molar-refractivity contribution is 7.22. The van der Waals surface area contributed by atoms with Gasteiger partial charge in [-0.15, -0.1) is 0 Å². The van der Waals surface area contributed by atoms with Crippen molar-refractivity contribution < 1.29 is 9.53 Å². The van der Waals surface area contributed by atoms with Crippen LogP contribution in [0.5, 0.6) is 5.75 Å². The number of amides is 1. The van der Waals surface area contributed by atoms with Crippen LogP contribution in [-0.2, 0) is 4.79 Å². The standard InChI is InChI=1S/C25H32ClN3O2S/c1-7-28(8-2)13-14-29(24-27-21-16-17(3)15-18(4)22(21)32-24)23(30)25(5,6)31-20-11-9-19(26)10-12-20/h9-12,15-16H,7-8,13-14H2,1-6H3. The number of aromatic nitrogens is 1. The maximum absolute atomic E-state index is 13.8. The maximum Gasteiger partial charge on any atom is 0.272 e. The Hall–Kier alpha value is -2.15. The zero-order valence-corrected chi connectivity index (χ0v) is 21.3. The van der Waals surface area contributed by atoms with E-state index in [2.05, 4.69) is 44.7 Å². The molecule has 0 aliphatic heterocycles. The fourth-order valence-corrected chi connectivity index (χ4v) is 4.88. The summed E-state index contributed by atoms with van der Waals surface area (Å²) in [4.78, 5) is 22.7. The zero-order chi connectivity index (χ0) is 23.5. The third kappa shape index (κ3) is 5.61. The molecule has 0 atom stereocenters. The first-order valence-corrected chi connectivity index (χ1v) is 12.2. The van der Waals surface area contributed by atoms with Gasteiger partial charge in [-0.3, -0.25) is 9.69 Å². The Morgan fingerprint density at radius 2 is 1.75 bits per heavy atom. The minimum atomic E-state index is -1.07. The molecule has 0 unspecified atom stereocenters. The quantitative estimate of drug-likeness (QED) is 0.376. The number of ether oxygens (including phenoxy) is 1. The van der Waals surface area contributed by atoms with E-state index in [1.54, 1.807) is 54.3 Å². The number of likely N-dealkylation sites (N-methyl/N-ethyl adjacent to an activating group) is 1. The Morgan fingerprint density at radius 3 is 2.38 bits per heavy atom. The van der Waals surface area contributed by atoms with E-state index < -0.39 is 5.60 Å². The van der Waals surface area contributed by atoms with Gasteiger partial charge in [-0.05, 0) is 82.2 Å². The van der Waals surface area contributed by atoms with Crippen molar-refractivity contribution >= 4 is 44.2 Å².